The molecule has 0 atom stereocenters. The van der Waals surface area contributed by atoms with E-state index in [0.717, 1.165) is 11.2 Å². The second-order valence-corrected chi connectivity index (χ2v) is 7.68. The maximum atomic E-state index is 6.13. The third kappa shape index (κ3) is 2.59. The van der Waals surface area contributed by atoms with Crippen LogP contribution in [-0.2, 0) is 14.7 Å². The van der Waals surface area contributed by atoms with Crippen molar-refractivity contribution in [2.75, 3.05) is 5.73 Å². The Morgan fingerprint density at radius 1 is 1.00 bits per heavy atom. The Hall–Kier alpha value is -0.995. The van der Waals surface area contributed by atoms with Crippen molar-refractivity contribution in [2.24, 2.45) is 0 Å². The highest BCUT2D eigenvalue weighted by atomic mass is 16.7. The number of rotatable bonds is 1. The standard InChI is InChI=1S/C16H26BNO2/c1-14(2,3)11-8-9-13(18)12(10-11)17-19-15(4,5)16(6,7)20-17/h8-10H,18H2,1-7H3. The highest BCUT2D eigenvalue weighted by Crippen LogP contribution is 2.37. The first-order valence-corrected chi connectivity index (χ1v) is 7.20. The topological polar surface area (TPSA) is 44.5 Å². The van der Waals surface area contributed by atoms with Gasteiger partial charge < -0.3 is 15.0 Å². The van der Waals surface area contributed by atoms with Gasteiger partial charge in [-0.1, -0.05) is 32.9 Å². The van der Waals surface area contributed by atoms with Crippen LogP contribution in [0.2, 0.25) is 0 Å². The fraction of sp³-hybridized carbons (Fsp3) is 0.625. The van der Waals surface area contributed by atoms with E-state index in [1.807, 2.05) is 6.07 Å². The molecule has 1 fully saturated rings. The monoisotopic (exact) mass is 275 g/mol. The van der Waals surface area contributed by atoms with Gasteiger partial charge in [-0.15, -0.1) is 0 Å². The van der Waals surface area contributed by atoms with E-state index in [4.69, 9.17) is 15.0 Å². The number of benzene rings is 1. The Morgan fingerprint density at radius 3 is 1.95 bits per heavy atom. The van der Waals surface area contributed by atoms with E-state index in [9.17, 15) is 0 Å². The summed E-state index contributed by atoms with van der Waals surface area (Å²) < 4.78 is 12.2. The molecule has 2 N–H and O–H groups in total. The zero-order chi connectivity index (χ0) is 15.3. The quantitative estimate of drug-likeness (QED) is 0.633. The van der Waals surface area contributed by atoms with Gasteiger partial charge in [-0.25, -0.2) is 0 Å². The van der Waals surface area contributed by atoms with Crippen molar-refractivity contribution in [2.45, 2.75) is 65.1 Å². The van der Waals surface area contributed by atoms with Crippen molar-refractivity contribution < 1.29 is 9.31 Å². The van der Waals surface area contributed by atoms with Gasteiger partial charge in [-0.3, -0.25) is 0 Å². The highest BCUT2D eigenvalue weighted by Gasteiger charge is 2.52. The summed E-state index contributed by atoms with van der Waals surface area (Å²) in [6.07, 6.45) is 0. The zero-order valence-corrected chi connectivity index (χ0v) is 13.7. The van der Waals surface area contributed by atoms with E-state index in [1.54, 1.807) is 0 Å². The Kier molecular flexibility index (Phi) is 3.47. The summed E-state index contributed by atoms with van der Waals surface area (Å²) in [5, 5.41) is 0. The normalized spacial score (nSPS) is 21.2. The molecular formula is C16H26BNO2. The van der Waals surface area contributed by atoms with Crippen LogP contribution in [0.4, 0.5) is 5.69 Å². The Balaban J connectivity index is 2.40. The van der Waals surface area contributed by atoms with Gasteiger partial charge in [0.15, 0.2) is 0 Å². The number of nitrogen functional groups attached to an aromatic ring is 1. The van der Waals surface area contributed by atoms with Crippen molar-refractivity contribution >= 4 is 18.3 Å². The third-order valence-corrected chi connectivity index (χ3v) is 4.46. The molecule has 1 aromatic rings. The lowest BCUT2D eigenvalue weighted by molar-refractivity contribution is 0.00578. The van der Waals surface area contributed by atoms with Crippen LogP contribution in [0.3, 0.4) is 0 Å². The summed E-state index contributed by atoms with van der Waals surface area (Å²) in [7, 11) is -0.401. The SMILES string of the molecule is CC(C)(C)c1ccc(N)c(B2OC(C)(C)C(C)(C)O2)c1. The van der Waals surface area contributed by atoms with Crippen LogP contribution in [0.25, 0.3) is 0 Å². The van der Waals surface area contributed by atoms with Gasteiger partial charge >= 0.3 is 7.12 Å². The van der Waals surface area contributed by atoms with Crippen LogP contribution in [-0.4, -0.2) is 18.3 Å². The minimum atomic E-state index is -0.401. The lowest BCUT2D eigenvalue weighted by atomic mass is 9.74. The molecule has 4 heteroatoms. The summed E-state index contributed by atoms with van der Waals surface area (Å²) in [6, 6.07) is 6.13. The predicted molar refractivity (Wildman–Crippen MR) is 85.3 cm³/mol. The molecule has 0 aliphatic carbocycles. The molecule has 0 spiro atoms. The first kappa shape index (κ1) is 15.4. The molecular weight excluding hydrogens is 249 g/mol. The minimum Gasteiger partial charge on any atom is -0.399 e. The van der Waals surface area contributed by atoms with Crippen molar-refractivity contribution in [1.82, 2.24) is 0 Å². The fourth-order valence-corrected chi connectivity index (χ4v) is 2.22. The summed E-state index contributed by atoms with van der Waals surface area (Å²) in [4.78, 5) is 0. The molecule has 0 radical (unpaired) electrons. The first-order chi connectivity index (χ1) is 8.94. The molecule has 1 aromatic carbocycles. The largest absolute Gasteiger partial charge is 0.496 e. The lowest BCUT2D eigenvalue weighted by Gasteiger charge is -2.32. The molecule has 1 heterocycles. The van der Waals surface area contributed by atoms with Gasteiger partial charge in [-0.2, -0.15) is 0 Å². The molecule has 20 heavy (non-hydrogen) atoms. The second kappa shape index (κ2) is 4.50. The summed E-state index contributed by atoms with van der Waals surface area (Å²) in [5.41, 5.74) is 8.39. The molecule has 1 saturated heterocycles. The van der Waals surface area contributed by atoms with Gasteiger partial charge in [0.2, 0.25) is 0 Å². The Morgan fingerprint density at radius 2 is 1.50 bits per heavy atom. The molecule has 2 rings (SSSR count). The molecule has 0 saturated carbocycles. The van der Waals surface area contributed by atoms with Crippen molar-refractivity contribution in [3.63, 3.8) is 0 Å². The molecule has 0 aromatic heterocycles. The summed E-state index contributed by atoms with van der Waals surface area (Å²) in [6.45, 7) is 14.8. The number of nitrogens with two attached hydrogens (primary N) is 1. The highest BCUT2D eigenvalue weighted by molar-refractivity contribution is 6.63. The van der Waals surface area contributed by atoms with Crippen LogP contribution in [0, 0.1) is 0 Å². The number of hydrogen-bond donors (Lipinski definition) is 1. The zero-order valence-electron chi connectivity index (χ0n) is 13.7. The average molecular weight is 275 g/mol. The molecule has 110 valence electrons. The predicted octanol–water partition coefficient (Wildman–Crippen LogP) is 2.87. The number of hydrogen-bond acceptors (Lipinski definition) is 3. The summed E-state index contributed by atoms with van der Waals surface area (Å²) in [5.74, 6) is 0. The van der Waals surface area contributed by atoms with Crippen LogP contribution >= 0.6 is 0 Å². The molecule has 1 aliphatic heterocycles. The van der Waals surface area contributed by atoms with Crippen LogP contribution in [0.5, 0.6) is 0 Å². The van der Waals surface area contributed by atoms with Gasteiger partial charge in [0.25, 0.3) is 0 Å². The molecule has 1 aliphatic rings. The lowest BCUT2D eigenvalue weighted by Crippen LogP contribution is -2.41. The van der Waals surface area contributed by atoms with Gasteiger partial charge in [0.05, 0.1) is 11.2 Å². The van der Waals surface area contributed by atoms with Gasteiger partial charge in [-0.05, 0) is 44.7 Å². The Bertz CT molecular complexity index is 502. The minimum absolute atomic E-state index is 0.0755. The second-order valence-electron chi connectivity index (χ2n) is 7.68. The van der Waals surface area contributed by atoms with Crippen molar-refractivity contribution in [3.05, 3.63) is 23.8 Å². The maximum Gasteiger partial charge on any atom is 0.496 e. The maximum absolute atomic E-state index is 6.13. The average Bonchev–Trinajstić information content (AvgIpc) is 2.46. The molecule has 0 bridgehead atoms. The van der Waals surface area contributed by atoms with Crippen molar-refractivity contribution in [1.29, 1.82) is 0 Å². The molecule has 0 amide bonds. The van der Waals surface area contributed by atoms with E-state index in [1.165, 1.54) is 5.56 Å². The van der Waals surface area contributed by atoms with Crippen LogP contribution in [0.1, 0.15) is 54.0 Å². The van der Waals surface area contributed by atoms with E-state index in [0.29, 0.717) is 0 Å². The van der Waals surface area contributed by atoms with Gasteiger partial charge in [0.1, 0.15) is 0 Å². The van der Waals surface area contributed by atoms with E-state index < -0.39 is 7.12 Å². The van der Waals surface area contributed by atoms with E-state index >= 15 is 0 Å². The summed E-state index contributed by atoms with van der Waals surface area (Å²) >= 11 is 0. The first-order valence-electron chi connectivity index (χ1n) is 7.20. The molecule has 0 unspecified atom stereocenters. The smallest absolute Gasteiger partial charge is 0.399 e. The van der Waals surface area contributed by atoms with Gasteiger partial charge in [0, 0.05) is 11.2 Å². The number of anilines is 1. The molecule has 3 nitrogen and oxygen atoms in total. The van der Waals surface area contributed by atoms with Crippen LogP contribution in [0.15, 0.2) is 18.2 Å². The van der Waals surface area contributed by atoms with Crippen LogP contribution < -0.4 is 11.2 Å². The van der Waals surface area contributed by atoms with Crippen molar-refractivity contribution in [3.8, 4) is 0 Å². The van der Waals surface area contributed by atoms with E-state index in [2.05, 4.69) is 60.6 Å². The van der Waals surface area contributed by atoms with E-state index in [-0.39, 0.29) is 16.6 Å². The third-order valence-electron chi connectivity index (χ3n) is 4.46. The Labute approximate surface area is 123 Å². The fourth-order valence-electron chi connectivity index (χ4n) is 2.22.